The maximum atomic E-state index is 11.3. The Balaban J connectivity index is 2.26. The topological polar surface area (TPSA) is 129 Å². The van der Waals surface area contributed by atoms with E-state index in [-0.39, 0.29) is 6.54 Å². The normalized spacial score (nSPS) is 11.9. The lowest BCUT2D eigenvalue weighted by Gasteiger charge is -2.12. The number of aliphatic hydroxyl groups excluding tert-OH is 1. The Hall–Kier alpha value is -2.16. The van der Waals surface area contributed by atoms with Crippen molar-refractivity contribution in [1.82, 2.24) is 25.4 Å². The van der Waals surface area contributed by atoms with Crippen LogP contribution in [0.4, 0.5) is 4.79 Å². The van der Waals surface area contributed by atoms with E-state index < -0.39 is 24.6 Å². The fourth-order valence-corrected chi connectivity index (χ4v) is 1.18. The Morgan fingerprint density at radius 3 is 2.78 bits per heavy atom. The first-order valence-electron chi connectivity index (χ1n) is 5.25. The van der Waals surface area contributed by atoms with Crippen LogP contribution in [0.2, 0.25) is 0 Å². The molecule has 0 aliphatic heterocycles. The fraction of sp³-hybridized carbons (Fsp3) is 0.556. The molecule has 100 valence electrons. The van der Waals surface area contributed by atoms with Crippen molar-refractivity contribution in [2.75, 3.05) is 13.2 Å². The fourth-order valence-electron chi connectivity index (χ4n) is 1.18. The van der Waals surface area contributed by atoms with Gasteiger partial charge in [0.05, 0.1) is 6.61 Å². The smallest absolute Gasteiger partial charge is 0.328 e. The number of aryl methyl sites for hydroxylation is 1. The van der Waals surface area contributed by atoms with Gasteiger partial charge in [0.15, 0.2) is 11.9 Å². The van der Waals surface area contributed by atoms with E-state index in [1.807, 2.05) is 0 Å². The van der Waals surface area contributed by atoms with Gasteiger partial charge in [0.25, 0.3) is 0 Å². The monoisotopic (exact) mass is 257 g/mol. The molecule has 1 aromatic heterocycles. The zero-order valence-electron chi connectivity index (χ0n) is 9.83. The summed E-state index contributed by atoms with van der Waals surface area (Å²) in [5.41, 5.74) is 0. The number of carboxylic acids is 1. The third-order valence-electron chi connectivity index (χ3n) is 2.07. The molecule has 2 amide bonds. The Morgan fingerprint density at radius 2 is 2.28 bits per heavy atom. The highest BCUT2D eigenvalue weighted by Crippen LogP contribution is 1.88. The summed E-state index contributed by atoms with van der Waals surface area (Å²) in [6.45, 7) is -0.391. The summed E-state index contributed by atoms with van der Waals surface area (Å²) in [5, 5.41) is 25.9. The summed E-state index contributed by atoms with van der Waals surface area (Å²) in [5.74, 6) is -0.714. The van der Waals surface area contributed by atoms with Gasteiger partial charge in [0, 0.05) is 20.0 Å². The highest BCUT2D eigenvalue weighted by Gasteiger charge is 2.18. The number of hydrogen-bond acceptors (Lipinski definition) is 5. The van der Waals surface area contributed by atoms with Crippen LogP contribution in [0.5, 0.6) is 0 Å². The molecular weight excluding hydrogens is 242 g/mol. The maximum Gasteiger partial charge on any atom is 0.328 e. The summed E-state index contributed by atoms with van der Waals surface area (Å²) in [6, 6.07) is -1.97. The Morgan fingerprint density at radius 1 is 1.56 bits per heavy atom. The molecule has 0 aromatic carbocycles. The van der Waals surface area contributed by atoms with Crippen LogP contribution in [0.1, 0.15) is 5.82 Å². The third kappa shape index (κ3) is 4.37. The van der Waals surface area contributed by atoms with E-state index in [0.29, 0.717) is 12.2 Å². The minimum Gasteiger partial charge on any atom is -0.480 e. The van der Waals surface area contributed by atoms with E-state index in [1.165, 1.54) is 0 Å². The molecule has 0 radical (unpaired) electrons. The van der Waals surface area contributed by atoms with Crippen LogP contribution in [-0.4, -0.2) is 56.2 Å². The van der Waals surface area contributed by atoms with Gasteiger partial charge in [-0.25, -0.2) is 14.6 Å². The number of aromatic nitrogens is 3. The maximum absolute atomic E-state index is 11.3. The average molecular weight is 257 g/mol. The number of carboxylic acid groups (broad SMARTS) is 1. The van der Waals surface area contributed by atoms with Crippen LogP contribution in [-0.2, 0) is 18.3 Å². The highest BCUT2D eigenvalue weighted by atomic mass is 16.4. The SMILES string of the molecule is Cn1cnc(CCNC(=O)N[C@@H](CO)C(=O)O)n1. The molecule has 1 rings (SSSR count). The number of aliphatic hydroxyl groups is 1. The summed E-state index contributed by atoms with van der Waals surface area (Å²) in [7, 11) is 1.73. The second kappa shape index (κ2) is 6.55. The Bertz CT molecular complexity index is 419. The zero-order chi connectivity index (χ0) is 13.5. The van der Waals surface area contributed by atoms with Crippen molar-refractivity contribution in [3.8, 4) is 0 Å². The molecule has 18 heavy (non-hydrogen) atoms. The van der Waals surface area contributed by atoms with E-state index in [0.717, 1.165) is 0 Å². The minimum atomic E-state index is -1.31. The molecule has 0 aliphatic carbocycles. The van der Waals surface area contributed by atoms with Crippen LogP contribution < -0.4 is 10.6 Å². The third-order valence-corrected chi connectivity index (χ3v) is 2.07. The van der Waals surface area contributed by atoms with Gasteiger partial charge in [-0.2, -0.15) is 5.10 Å². The quantitative estimate of drug-likeness (QED) is 0.471. The van der Waals surface area contributed by atoms with Crippen molar-refractivity contribution < 1.29 is 19.8 Å². The number of carbonyl (C=O) groups is 2. The van der Waals surface area contributed by atoms with Crippen molar-refractivity contribution >= 4 is 12.0 Å². The summed E-state index contributed by atoms with van der Waals surface area (Å²) >= 11 is 0. The van der Waals surface area contributed by atoms with E-state index in [2.05, 4.69) is 20.7 Å². The van der Waals surface area contributed by atoms with Crippen LogP contribution in [0.25, 0.3) is 0 Å². The predicted octanol–water partition coefficient (Wildman–Crippen LogP) is -1.90. The van der Waals surface area contributed by atoms with Crippen LogP contribution in [0, 0.1) is 0 Å². The van der Waals surface area contributed by atoms with Crippen LogP contribution in [0.15, 0.2) is 6.33 Å². The number of nitrogens with one attached hydrogen (secondary N) is 2. The van der Waals surface area contributed by atoms with E-state index >= 15 is 0 Å². The number of aliphatic carboxylic acids is 1. The number of urea groups is 1. The van der Waals surface area contributed by atoms with Gasteiger partial charge in [-0.15, -0.1) is 0 Å². The van der Waals surface area contributed by atoms with Crippen molar-refractivity contribution in [1.29, 1.82) is 0 Å². The molecule has 0 saturated carbocycles. The first-order chi connectivity index (χ1) is 8.52. The van der Waals surface area contributed by atoms with Crippen molar-refractivity contribution in [3.05, 3.63) is 12.2 Å². The van der Waals surface area contributed by atoms with Crippen molar-refractivity contribution in [3.63, 3.8) is 0 Å². The van der Waals surface area contributed by atoms with E-state index in [9.17, 15) is 9.59 Å². The molecule has 0 spiro atoms. The standard InChI is InChI=1S/C9H15N5O4/c1-14-5-11-7(13-14)2-3-10-9(18)12-6(4-15)8(16)17/h5-6,15H,2-4H2,1H3,(H,16,17)(H2,10,12,18)/t6-/m0/s1. The average Bonchev–Trinajstić information content (AvgIpc) is 2.71. The summed E-state index contributed by atoms with van der Waals surface area (Å²) < 4.78 is 1.54. The van der Waals surface area contributed by atoms with Gasteiger partial charge in [-0.3, -0.25) is 4.68 Å². The molecule has 9 nitrogen and oxygen atoms in total. The van der Waals surface area contributed by atoms with Crippen LogP contribution >= 0.6 is 0 Å². The molecule has 4 N–H and O–H groups in total. The van der Waals surface area contributed by atoms with Gasteiger partial charge < -0.3 is 20.8 Å². The largest absolute Gasteiger partial charge is 0.480 e. The first kappa shape index (κ1) is 13.9. The highest BCUT2D eigenvalue weighted by molar-refractivity contribution is 5.82. The van der Waals surface area contributed by atoms with Crippen molar-refractivity contribution in [2.45, 2.75) is 12.5 Å². The Labute approximate surface area is 103 Å². The van der Waals surface area contributed by atoms with Crippen LogP contribution in [0.3, 0.4) is 0 Å². The summed E-state index contributed by atoms with van der Waals surface area (Å²) in [4.78, 5) is 25.8. The molecule has 0 unspecified atom stereocenters. The molecular formula is C9H15N5O4. The van der Waals surface area contributed by atoms with Gasteiger partial charge in [-0.05, 0) is 0 Å². The zero-order valence-corrected chi connectivity index (χ0v) is 9.83. The number of hydrogen-bond donors (Lipinski definition) is 4. The van der Waals surface area contributed by atoms with E-state index in [1.54, 1.807) is 18.1 Å². The molecule has 1 aromatic rings. The lowest BCUT2D eigenvalue weighted by Crippen LogP contribution is -2.48. The van der Waals surface area contributed by atoms with Gasteiger partial charge in [-0.1, -0.05) is 0 Å². The van der Waals surface area contributed by atoms with Gasteiger partial charge >= 0.3 is 12.0 Å². The molecule has 9 heteroatoms. The lowest BCUT2D eigenvalue weighted by molar-refractivity contribution is -0.140. The summed E-state index contributed by atoms with van der Waals surface area (Å²) in [6.07, 6.45) is 1.98. The lowest BCUT2D eigenvalue weighted by atomic mass is 10.3. The second-order valence-electron chi connectivity index (χ2n) is 3.56. The number of rotatable bonds is 6. The first-order valence-corrected chi connectivity index (χ1v) is 5.25. The molecule has 0 bridgehead atoms. The molecule has 0 fully saturated rings. The molecule has 1 atom stereocenters. The van der Waals surface area contributed by atoms with E-state index in [4.69, 9.17) is 10.2 Å². The number of nitrogens with zero attached hydrogens (tertiary/aromatic N) is 3. The molecule has 0 aliphatic rings. The number of carbonyl (C=O) groups excluding carboxylic acids is 1. The van der Waals surface area contributed by atoms with Crippen molar-refractivity contribution in [2.24, 2.45) is 7.05 Å². The molecule has 0 saturated heterocycles. The van der Waals surface area contributed by atoms with Gasteiger partial charge in [0.1, 0.15) is 6.33 Å². The van der Waals surface area contributed by atoms with Gasteiger partial charge in [0.2, 0.25) is 0 Å². The number of amides is 2. The second-order valence-corrected chi connectivity index (χ2v) is 3.56. The Kier molecular flexibility index (Phi) is 5.06. The predicted molar refractivity (Wildman–Crippen MR) is 59.8 cm³/mol. The minimum absolute atomic E-state index is 0.271. The molecule has 1 heterocycles.